The molecular formula is C8H11NO2S. The van der Waals surface area contributed by atoms with E-state index in [0.717, 1.165) is 4.88 Å². The van der Waals surface area contributed by atoms with Crippen LogP contribution in [-0.4, -0.2) is 17.1 Å². The van der Waals surface area contributed by atoms with Crippen molar-refractivity contribution < 1.29 is 9.90 Å². The maximum absolute atomic E-state index is 10.3. The highest BCUT2D eigenvalue weighted by Gasteiger charge is 2.08. The van der Waals surface area contributed by atoms with E-state index < -0.39 is 5.97 Å². The first-order chi connectivity index (χ1) is 5.68. The van der Waals surface area contributed by atoms with E-state index in [-0.39, 0.29) is 12.5 Å². The standard InChI is InChI=1S/C8H11NO2S/c9-6(5-8(10)11)4-7-2-1-3-12-7/h1-3,6H,4-5,9H2,(H,10,11). The molecule has 0 amide bonds. The molecule has 1 aromatic rings. The summed E-state index contributed by atoms with van der Waals surface area (Å²) in [6, 6.07) is 3.64. The Morgan fingerprint density at radius 1 is 1.75 bits per heavy atom. The Hall–Kier alpha value is -0.870. The largest absolute Gasteiger partial charge is 0.481 e. The number of rotatable bonds is 4. The molecule has 1 rings (SSSR count). The summed E-state index contributed by atoms with van der Waals surface area (Å²) in [4.78, 5) is 11.4. The quantitative estimate of drug-likeness (QED) is 0.738. The van der Waals surface area contributed by atoms with Crippen LogP contribution in [0.25, 0.3) is 0 Å². The smallest absolute Gasteiger partial charge is 0.304 e. The van der Waals surface area contributed by atoms with Crippen molar-refractivity contribution in [3.8, 4) is 0 Å². The molecule has 1 aromatic heterocycles. The number of nitrogens with two attached hydrogens (primary N) is 1. The third-order valence-electron chi connectivity index (χ3n) is 1.48. The number of thiophene rings is 1. The lowest BCUT2D eigenvalue weighted by Crippen LogP contribution is -2.25. The van der Waals surface area contributed by atoms with Gasteiger partial charge in [0.05, 0.1) is 6.42 Å². The Morgan fingerprint density at radius 2 is 2.50 bits per heavy atom. The highest BCUT2D eigenvalue weighted by molar-refractivity contribution is 7.09. The van der Waals surface area contributed by atoms with Crippen LogP contribution in [0.15, 0.2) is 17.5 Å². The zero-order valence-electron chi connectivity index (χ0n) is 6.56. The molecule has 1 atom stereocenters. The van der Waals surface area contributed by atoms with E-state index >= 15 is 0 Å². The van der Waals surface area contributed by atoms with Crippen molar-refractivity contribution >= 4 is 17.3 Å². The van der Waals surface area contributed by atoms with Crippen LogP contribution in [0.4, 0.5) is 0 Å². The van der Waals surface area contributed by atoms with Gasteiger partial charge in [0.15, 0.2) is 0 Å². The van der Waals surface area contributed by atoms with E-state index in [0.29, 0.717) is 6.42 Å². The number of carboxylic acids is 1. The van der Waals surface area contributed by atoms with Gasteiger partial charge in [-0.2, -0.15) is 0 Å². The van der Waals surface area contributed by atoms with Gasteiger partial charge in [0, 0.05) is 10.9 Å². The summed E-state index contributed by atoms with van der Waals surface area (Å²) in [5, 5.41) is 10.4. The van der Waals surface area contributed by atoms with Crippen molar-refractivity contribution in [3.05, 3.63) is 22.4 Å². The molecule has 0 aliphatic heterocycles. The average molecular weight is 185 g/mol. The molecule has 66 valence electrons. The third kappa shape index (κ3) is 3.02. The van der Waals surface area contributed by atoms with E-state index in [9.17, 15) is 4.79 Å². The first kappa shape index (κ1) is 9.22. The fraction of sp³-hybridized carbons (Fsp3) is 0.375. The van der Waals surface area contributed by atoms with Gasteiger partial charge >= 0.3 is 5.97 Å². The fourth-order valence-electron chi connectivity index (χ4n) is 0.984. The summed E-state index contributed by atoms with van der Waals surface area (Å²) in [5.74, 6) is -0.834. The predicted octanol–water partition coefficient (Wildman–Crippen LogP) is 1.09. The van der Waals surface area contributed by atoms with Crippen molar-refractivity contribution in [3.63, 3.8) is 0 Å². The second kappa shape index (κ2) is 4.23. The molecule has 0 aliphatic carbocycles. The minimum Gasteiger partial charge on any atom is -0.481 e. The predicted molar refractivity (Wildman–Crippen MR) is 48.3 cm³/mol. The zero-order chi connectivity index (χ0) is 8.97. The van der Waals surface area contributed by atoms with Crippen LogP contribution < -0.4 is 5.73 Å². The molecule has 1 heterocycles. The SMILES string of the molecule is NC(CC(=O)O)Cc1cccs1. The molecule has 4 heteroatoms. The summed E-state index contributed by atoms with van der Waals surface area (Å²) in [6.07, 6.45) is 0.696. The van der Waals surface area contributed by atoms with Crippen molar-refractivity contribution in [1.82, 2.24) is 0 Å². The fourth-order valence-corrected chi connectivity index (χ4v) is 1.78. The summed E-state index contributed by atoms with van der Waals surface area (Å²) < 4.78 is 0. The van der Waals surface area contributed by atoms with Crippen molar-refractivity contribution in [2.45, 2.75) is 18.9 Å². The maximum atomic E-state index is 10.3. The number of hydrogen-bond donors (Lipinski definition) is 2. The summed E-state index contributed by atoms with van der Waals surface area (Å²) in [6.45, 7) is 0. The molecule has 0 radical (unpaired) electrons. The van der Waals surface area contributed by atoms with Crippen molar-refractivity contribution in [2.75, 3.05) is 0 Å². The minimum absolute atomic E-state index is 0.0396. The lowest BCUT2D eigenvalue weighted by molar-refractivity contribution is -0.137. The van der Waals surface area contributed by atoms with Gasteiger partial charge in [0.2, 0.25) is 0 Å². The Balaban J connectivity index is 2.36. The molecule has 0 aromatic carbocycles. The van der Waals surface area contributed by atoms with Gasteiger partial charge in [-0.1, -0.05) is 6.07 Å². The first-order valence-electron chi connectivity index (χ1n) is 3.68. The Morgan fingerprint density at radius 3 is 3.00 bits per heavy atom. The normalized spacial score (nSPS) is 12.8. The van der Waals surface area contributed by atoms with E-state index in [1.165, 1.54) is 0 Å². The maximum Gasteiger partial charge on any atom is 0.304 e. The molecule has 0 bridgehead atoms. The van der Waals surface area contributed by atoms with E-state index in [4.69, 9.17) is 10.8 Å². The molecule has 0 fully saturated rings. The summed E-state index contributed by atoms with van der Waals surface area (Å²) in [7, 11) is 0. The van der Waals surface area contributed by atoms with Gasteiger partial charge < -0.3 is 10.8 Å². The average Bonchev–Trinajstić information content (AvgIpc) is 2.37. The second-order valence-electron chi connectivity index (χ2n) is 2.64. The molecule has 0 spiro atoms. The molecule has 3 N–H and O–H groups in total. The van der Waals surface area contributed by atoms with Crippen LogP contribution in [-0.2, 0) is 11.2 Å². The van der Waals surface area contributed by atoms with Crippen LogP contribution in [0.5, 0.6) is 0 Å². The van der Waals surface area contributed by atoms with Gasteiger partial charge in [-0.3, -0.25) is 4.79 Å². The van der Waals surface area contributed by atoms with Crippen LogP contribution >= 0.6 is 11.3 Å². The monoisotopic (exact) mass is 185 g/mol. The Kier molecular flexibility index (Phi) is 3.25. The highest BCUT2D eigenvalue weighted by atomic mass is 32.1. The molecular weight excluding hydrogens is 174 g/mol. The highest BCUT2D eigenvalue weighted by Crippen LogP contribution is 2.11. The minimum atomic E-state index is -0.834. The van der Waals surface area contributed by atoms with Crippen LogP contribution in [0.1, 0.15) is 11.3 Å². The molecule has 0 saturated carbocycles. The van der Waals surface area contributed by atoms with Crippen molar-refractivity contribution in [1.29, 1.82) is 0 Å². The first-order valence-corrected chi connectivity index (χ1v) is 4.56. The topological polar surface area (TPSA) is 63.3 Å². The zero-order valence-corrected chi connectivity index (χ0v) is 7.38. The van der Waals surface area contributed by atoms with E-state index in [1.54, 1.807) is 11.3 Å². The van der Waals surface area contributed by atoms with Crippen LogP contribution in [0.3, 0.4) is 0 Å². The number of carboxylic acid groups (broad SMARTS) is 1. The number of aliphatic carboxylic acids is 1. The van der Waals surface area contributed by atoms with Gasteiger partial charge in [0.1, 0.15) is 0 Å². The molecule has 0 aliphatic rings. The molecule has 3 nitrogen and oxygen atoms in total. The second-order valence-corrected chi connectivity index (χ2v) is 3.67. The Bertz CT molecular complexity index is 246. The van der Waals surface area contributed by atoms with Crippen LogP contribution in [0, 0.1) is 0 Å². The van der Waals surface area contributed by atoms with E-state index in [2.05, 4.69) is 0 Å². The summed E-state index contributed by atoms with van der Waals surface area (Å²) in [5.41, 5.74) is 5.59. The van der Waals surface area contributed by atoms with E-state index in [1.807, 2.05) is 17.5 Å². The molecule has 0 saturated heterocycles. The van der Waals surface area contributed by atoms with Gasteiger partial charge in [-0.05, 0) is 17.9 Å². The molecule has 12 heavy (non-hydrogen) atoms. The van der Waals surface area contributed by atoms with Crippen LogP contribution in [0.2, 0.25) is 0 Å². The molecule has 1 unspecified atom stereocenters. The lowest BCUT2D eigenvalue weighted by atomic mass is 10.1. The summed E-state index contributed by atoms with van der Waals surface area (Å²) >= 11 is 1.61. The number of carbonyl (C=O) groups is 1. The van der Waals surface area contributed by atoms with Crippen molar-refractivity contribution in [2.24, 2.45) is 5.73 Å². The van der Waals surface area contributed by atoms with Gasteiger partial charge in [-0.25, -0.2) is 0 Å². The lowest BCUT2D eigenvalue weighted by Gasteiger charge is -2.05. The number of hydrogen-bond acceptors (Lipinski definition) is 3. The van der Waals surface area contributed by atoms with Gasteiger partial charge in [-0.15, -0.1) is 11.3 Å². The third-order valence-corrected chi connectivity index (χ3v) is 2.38. The Labute approximate surface area is 74.8 Å². The van der Waals surface area contributed by atoms with Gasteiger partial charge in [0.25, 0.3) is 0 Å².